The molecule has 4 nitrogen and oxygen atoms in total. The number of rotatable bonds is 3. The molecule has 5 heteroatoms. The molecule has 0 radical (unpaired) electrons. The molecule has 104 valence electrons. The Kier molecular flexibility index (Phi) is 4.24. The zero-order valence-electron chi connectivity index (χ0n) is 11.6. The van der Waals surface area contributed by atoms with Crippen LogP contribution in [0.3, 0.4) is 0 Å². The van der Waals surface area contributed by atoms with Crippen LogP contribution in [0.2, 0.25) is 0 Å². The van der Waals surface area contributed by atoms with E-state index in [-0.39, 0.29) is 17.9 Å². The topological polar surface area (TPSA) is 49.4 Å². The van der Waals surface area contributed by atoms with Gasteiger partial charge in [-0.1, -0.05) is 0 Å². The minimum absolute atomic E-state index is 0.0143. The minimum Gasteiger partial charge on any atom is -0.345 e. The highest BCUT2D eigenvalue weighted by Gasteiger charge is 2.35. The highest BCUT2D eigenvalue weighted by atomic mass is 32.1. The summed E-state index contributed by atoms with van der Waals surface area (Å²) in [5.74, 6) is 0.275. The average molecular weight is 280 g/mol. The minimum atomic E-state index is -0.443. The van der Waals surface area contributed by atoms with Crippen LogP contribution < -0.4 is 5.32 Å². The molecule has 2 amide bonds. The van der Waals surface area contributed by atoms with Crippen LogP contribution in [0.4, 0.5) is 0 Å². The number of carbonyl (C=O) groups is 2. The molecule has 3 atom stereocenters. The number of thiophene rings is 1. The first kappa shape index (κ1) is 14.1. The first-order valence-electron chi connectivity index (χ1n) is 6.58. The predicted molar refractivity (Wildman–Crippen MR) is 76.1 cm³/mol. The van der Waals surface area contributed by atoms with Gasteiger partial charge >= 0.3 is 0 Å². The molecule has 2 rings (SSSR count). The number of likely N-dealkylation sites (tertiary alicyclic amines) is 1. The fourth-order valence-corrected chi connectivity index (χ4v) is 3.44. The maximum atomic E-state index is 12.3. The van der Waals surface area contributed by atoms with Gasteiger partial charge in [0.1, 0.15) is 6.04 Å². The van der Waals surface area contributed by atoms with Crippen molar-refractivity contribution in [3.05, 3.63) is 22.4 Å². The lowest BCUT2D eigenvalue weighted by Gasteiger charge is -2.25. The molecule has 1 aliphatic heterocycles. The number of nitrogens with zero attached hydrogens (tertiary/aromatic N) is 1. The molecule has 2 heterocycles. The van der Waals surface area contributed by atoms with Gasteiger partial charge in [-0.3, -0.25) is 9.59 Å². The summed E-state index contributed by atoms with van der Waals surface area (Å²) in [5.41, 5.74) is 1.32. The fourth-order valence-electron chi connectivity index (χ4n) is 2.70. The summed E-state index contributed by atoms with van der Waals surface area (Å²) >= 11 is 1.69. The van der Waals surface area contributed by atoms with Crippen LogP contribution in [0.5, 0.6) is 0 Å². The smallest absolute Gasteiger partial charge is 0.245 e. The van der Waals surface area contributed by atoms with Gasteiger partial charge in [-0.15, -0.1) is 0 Å². The Morgan fingerprint density at radius 3 is 2.84 bits per heavy atom. The van der Waals surface area contributed by atoms with Crippen molar-refractivity contribution in [1.82, 2.24) is 10.2 Å². The van der Waals surface area contributed by atoms with Crippen molar-refractivity contribution in [1.29, 1.82) is 0 Å². The van der Waals surface area contributed by atoms with Gasteiger partial charge in [0.25, 0.3) is 0 Å². The lowest BCUT2D eigenvalue weighted by Crippen LogP contribution is -2.47. The van der Waals surface area contributed by atoms with E-state index in [1.54, 1.807) is 18.3 Å². The fraction of sp³-hybridized carbons (Fsp3) is 0.571. The molecule has 1 fully saturated rings. The van der Waals surface area contributed by atoms with E-state index >= 15 is 0 Å². The van der Waals surface area contributed by atoms with Gasteiger partial charge in [0.2, 0.25) is 11.8 Å². The summed E-state index contributed by atoms with van der Waals surface area (Å²) in [7, 11) is 0. The summed E-state index contributed by atoms with van der Waals surface area (Å²) in [4.78, 5) is 25.2. The summed E-state index contributed by atoms with van der Waals surface area (Å²) in [6.07, 6.45) is 0.995. The zero-order valence-corrected chi connectivity index (χ0v) is 12.4. The highest BCUT2D eigenvalue weighted by Crippen LogP contribution is 2.32. The predicted octanol–water partition coefficient (Wildman–Crippen LogP) is 1.98. The van der Waals surface area contributed by atoms with Crippen LogP contribution in [0, 0.1) is 0 Å². The molecule has 0 aromatic carbocycles. The number of hydrogen-bond donors (Lipinski definition) is 1. The maximum Gasteiger partial charge on any atom is 0.245 e. The molecule has 0 aliphatic carbocycles. The molecule has 0 saturated carbocycles. The summed E-state index contributed by atoms with van der Waals surface area (Å²) in [6, 6.07) is 1.92. The summed E-state index contributed by atoms with van der Waals surface area (Å²) in [6.45, 7) is 6.01. The average Bonchev–Trinajstić information content (AvgIpc) is 2.95. The van der Waals surface area contributed by atoms with Crippen LogP contribution in [-0.2, 0) is 9.59 Å². The van der Waals surface area contributed by atoms with Gasteiger partial charge in [-0.25, -0.2) is 0 Å². The van der Waals surface area contributed by atoms with E-state index in [1.165, 1.54) is 12.5 Å². The van der Waals surface area contributed by atoms with Crippen molar-refractivity contribution in [2.24, 2.45) is 0 Å². The summed E-state index contributed by atoms with van der Waals surface area (Å²) in [5, 5.41) is 6.89. The van der Waals surface area contributed by atoms with Crippen molar-refractivity contribution in [2.45, 2.75) is 45.2 Å². The first-order chi connectivity index (χ1) is 8.99. The van der Waals surface area contributed by atoms with E-state index in [2.05, 4.69) is 29.1 Å². The molecule has 1 aromatic rings. The Morgan fingerprint density at radius 2 is 2.26 bits per heavy atom. The van der Waals surface area contributed by atoms with Crippen LogP contribution in [0.25, 0.3) is 0 Å². The lowest BCUT2D eigenvalue weighted by atomic mass is 10.00. The Bertz CT molecular complexity index is 458. The van der Waals surface area contributed by atoms with Crippen molar-refractivity contribution in [3.63, 3.8) is 0 Å². The Labute approximate surface area is 117 Å². The van der Waals surface area contributed by atoms with Crippen LogP contribution >= 0.6 is 11.3 Å². The molecule has 1 saturated heterocycles. The Balaban J connectivity index is 2.01. The van der Waals surface area contributed by atoms with Crippen molar-refractivity contribution < 1.29 is 9.59 Å². The number of nitrogens with one attached hydrogen (secondary N) is 1. The standard InChI is InChI=1S/C14H20N2O2S/c1-9-6-13(12-4-5-19-8-12)7-16(9)14(18)10(2)15-11(3)17/h4-5,8-10,13H,6-7H2,1-3H3,(H,15,17)/t9-,10+,13-/m0/s1. The Morgan fingerprint density at radius 1 is 1.53 bits per heavy atom. The van der Waals surface area contributed by atoms with Crippen molar-refractivity contribution in [3.8, 4) is 0 Å². The van der Waals surface area contributed by atoms with Gasteiger partial charge in [0.05, 0.1) is 0 Å². The molecule has 0 unspecified atom stereocenters. The number of hydrogen-bond acceptors (Lipinski definition) is 3. The van der Waals surface area contributed by atoms with Gasteiger partial charge in [0.15, 0.2) is 0 Å². The van der Waals surface area contributed by atoms with Gasteiger partial charge in [-0.05, 0) is 42.7 Å². The van der Waals surface area contributed by atoms with Gasteiger partial charge in [-0.2, -0.15) is 11.3 Å². The Hall–Kier alpha value is -1.36. The third-order valence-corrected chi connectivity index (χ3v) is 4.36. The first-order valence-corrected chi connectivity index (χ1v) is 7.53. The second kappa shape index (κ2) is 5.74. The normalized spacial score (nSPS) is 24.3. The second-order valence-electron chi connectivity index (χ2n) is 5.25. The van der Waals surface area contributed by atoms with Crippen molar-refractivity contribution in [2.75, 3.05) is 6.54 Å². The molecular weight excluding hydrogens is 260 g/mol. The van der Waals surface area contributed by atoms with E-state index < -0.39 is 6.04 Å². The second-order valence-corrected chi connectivity index (χ2v) is 6.03. The van der Waals surface area contributed by atoms with Crippen LogP contribution in [0.15, 0.2) is 16.8 Å². The van der Waals surface area contributed by atoms with Gasteiger partial charge < -0.3 is 10.2 Å². The highest BCUT2D eigenvalue weighted by molar-refractivity contribution is 7.07. The van der Waals surface area contributed by atoms with E-state index in [0.29, 0.717) is 5.92 Å². The third kappa shape index (κ3) is 3.15. The molecule has 0 bridgehead atoms. The van der Waals surface area contributed by atoms with Gasteiger partial charge in [0, 0.05) is 25.4 Å². The third-order valence-electron chi connectivity index (χ3n) is 3.66. The number of amides is 2. The SMILES string of the molecule is CC(=O)N[C@H](C)C(=O)N1C[C@@H](c2ccsc2)C[C@@H]1C. The lowest BCUT2D eigenvalue weighted by molar-refractivity contribution is -0.136. The monoisotopic (exact) mass is 280 g/mol. The van der Waals surface area contributed by atoms with Crippen LogP contribution in [0.1, 0.15) is 38.7 Å². The van der Waals surface area contributed by atoms with E-state index in [0.717, 1.165) is 13.0 Å². The molecule has 1 aromatic heterocycles. The largest absolute Gasteiger partial charge is 0.345 e. The van der Waals surface area contributed by atoms with Crippen molar-refractivity contribution >= 4 is 23.2 Å². The molecule has 0 spiro atoms. The molecule has 1 N–H and O–H groups in total. The molecule has 1 aliphatic rings. The maximum absolute atomic E-state index is 12.3. The van der Waals surface area contributed by atoms with Crippen LogP contribution in [-0.4, -0.2) is 35.3 Å². The van der Waals surface area contributed by atoms with E-state index in [1.807, 2.05) is 4.90 Å². The zero-order chi connectivity index (χ0) is 14.0. The number of carbonyl (C=O) groups excluding carboxylic acids is 2. The van der Waals surface area contributed by atoms with E-state index in [4.69, 9.17) is 0 Å². The van der Waals surface area contributed by atoms with E-state index in [9.17, 15) is 9.59 Å². The molecular formula is C14H20N2O2S. The quantitative estimate of drug-likeness (QED) is 0.920. The summed E-state index contributed by atoms with van der Waals surface area (Å²) < 4.78 is 0. The molecule has 19 heavy (non-hydrogen) atoms.